The summed E-state index contributed by atoms with van der Waals surface area (Å²) in [5.41, 5.74) is 0.950. The first-order valence-electron chi connectivity index (χ1n) is 12.1. The van der Waals surface area contributed by atoms with Gasteiger partial charge < -0.3 is 23.4 Å². The van der Waals surface area contributed by atoms with Crippen LogP contribution < -0.4 is 14.4 Å². The predicted octanol–water partition coefficient (Wildman–Crippen LogP) is 5.21. The fourth-order valence-corrected chi connectivity index (χ4v) is 4.60. The number of hydrogen-bond donors (Lipinski definition) is 2. The highest BCUT2D eigenvalue weighted by molar-refractivity contribution is 6.31. The number of para-hydroxylation sites is 1. The van der Waals surface area contributed by atoms with Gasteiger partial charge in [-0.3, -0.25) is 20.5 Å². The van der Waals surface area contributed by atoms with Crippen LogP contribution in [0.4, 0.5) is 14.5 Å². The van der Waals surface area contributed by atoms with Crippen molar-refractivity contribution in [1.29, 1.82) is 10.8 Å². The highest BCUT2D eigenvalue weighted by atomic mass is 35.5. The fraction of sp³-hybridized carbons (Fsp3) is 0.333. The molecule has 0 aliphatic carbocycles. The van der Waals surface area contributed by atoms with Gasteiger partial charge in [-0.1, -0.05) is 23.7 Å². The number of halogens is 3. The highest BCUT2D eigenvalue weighted by Crippen LogP contribution is 2.45. The monoisotopic (exact) mass is 576 g/mol. The summed E-state index contributed by atoms with van der Waals surface area (Å²) in [6.45, 7) is 0. The van der Waals surface area contributed by atoms with Crippen molar-refractivity contribution in [2.45, 2.75) is 37.9 Å². The first kappa shape index (κ1) is 29.0. The number of fused-ring (bicyclic) bond motifs is 1. The third-order valence-electron chi connectivity index (χ3n) is 6.29. The molecule has 0 saturated carbocycles. The molecule has 0 unspecified atom stereocenters. The molecular formula is C27H27ClF2N4O6. The maximum Gasteiger partial charge on any atom is 0.305 e. The molecule has 0 fully saturated rings. The van der Waals surface area contributed by atoms with Crippen LogP contribution in [0.2, 0.25) is 5.02 Å². The van der Waals surface area contributed by atoms with E-state index in [4.69, 9.17) is 41.0 Å². The Labute approximate surface area is 233 Å². The van der Waals surface area contributed by atoms with Gasteiger partial charge in [0, 0.05) is 22.6 Å². The summed E-state index contributed by atoms with van der Waals surface area (Å²) in [4.78, 5) is 16.6. The number of carbonyl (C=O) groups is 1. The number of ether oxygens (including phenoxy) is 4. The van der Waals surface area contributed by atoms with Crippen LogP contribution in [0.3, 0.4) is 0 Å². The number of alkyl halides is 2. The van der Waals surface area contributed by atoms with E-state index >= 15 is 0 Å². The molecule has 2 N–H and O–H groups in total. The standard InChI is InChI=1S/C27H27ClF2N4O6/c1-36-19-6-4-5-16(24(19)38-3)23-17-11-14(28)7-9-18(17)34(27(32)25(29)30)26(31)20(40-23)12-21-33-13-15(39-21)8-10-22(35)37-2/h4-7,9,11,13,20,23,25,31-32H,8,10,12H2,1-3H3/t20-,23-/m1/s1. The second-order valence-corrected chi connectivity index (χ2v) is 9.13. The van der Waals surface area contributed by atoms with Crippen molar-refractivity contribution in [2.75, 3.05) is 26.2 Å². The number of amidine groups is 2. The number of methoxy groups -OCH3 is 3. The zero-order valence-electron chi connectivity index (χ0n) is 21.9. The largest absolute Gasteiger partial charge is 0.493 e. The average molecular weight is 577 g/mol. The van der Waals surface area contributed by atoms with E-state index in [0.717, 1.165) is 4.90 Å². The molecule has 4 rings (SSSR count). The van der Waals surface area contributed by atoms with Gasteiger partial charge in [-0.05, 0) is 24.3 Å². The topological polar surface area (TPSA) is 131 Å². The zero-order chi connectivity index (χ0) is 29.0. The number of esters is 1. The lowest BCUT2D eigenvalue weighted by Crippen LogP contribution is -2.46. The van der Waals surface area contributed by atoms with E-state index in [1.165, 1.54) is 45.7 Å². The lowest BCUT2D eigenvalue weighted by atomic mass is 9.98. The molecule has 0 spiro atoms. The van der Waals surface area contributed by atoms with Gasteiger partial charge >= 0.3 is 5.97 Å². The lowest BCUT2D eigenvalue weighted by Gasteiger charge is -2.27. The second kappa shape index (κ2) is 12.4. The van der Waals surface area contributed by atoms with Crippen molar-refractivity contribution < 1.29 is 36.9 Å². The number of nitrogens with one attached hydrogen (secondary N) is 2. The van der Waals surface area contributed by atoms with Crippen LogP contribution in [-0.4, -0.2) is 56.5 Å². The summed E-state index contributed by atoms with van der Waals surface area (Å²) < 4.78 is 55.8. The molecule has 1 aliphatic heterocycles. The Morgan fingerprint density at radius 1 is 1.18 bits per heavy atom. The maximum atomic E-state index is 13.9. The molecule has 1 aromatic heterocycles. The van der Waals surface area contributed by atoms with E-state index in [0.29, 0.717) is 33.4 Å². The van der Waals surface area contributed by atoms with Crippen molar-refractivity contribution in [3.05, 3.63) is 70.4 Å². The normalized spacial score (nSPS) is 16.9. The van der Waals surface area contributed by atoms with Crippen LogP contribution in [0.25, 0.3) is 0 Å². The molecule has 2 atom stereocenters. The van der Waals surface area contributed by atoms with Gasteiger partial charge in [0.05, 0.1) is 46.1 Å². The van der Waals surface area contributed by atoms with Crippen LogP contribution in [0, 0.1) is 10.8 Å². The SMILES string of the molecule is COC(=O)CCc1cnc(C[C@H]2O[C@H](c3cccc(OC)c3OC)c3cc(Cl)ccc3N(C(=N)C(F)F)C2=N)o1. The molecule has 2 heterocycles. The van der Waals surface area contributed by atoms with Crippen molar-refractivity contribution in [2.24, 2.45) is 0 Å². The van der Waals surface area contributed by atoms with Crippen LogP contribution in [-0.2, 0) is 27.1 Å². The molecule has 40 heavy (non-hydrogen) atoms. The highest BCUT2D eigenvalue weighted by Gasteiger charge is 2.40. The second-order valence-electron chi connectivity index (χ2n) is 8.70. The molecule has 3 aromatic rings. The number of benzene rings is 2. The number of anilines is 1. The van der Waals surface area contributed by atoms with Crippen molar-refractivity contribution in [3.63, 3.8) is 0 Å². The summed E-state index contributed by atoms with van der Waals surface area (Å²) in [6, 6.07) is 9.63. The summed E-state index contributed by atoms with van der Waals surface area (Å²) in [7, 11) is 4.22. The Kier molecular flexibility index (Phi) is 9.00. The van der Waals surface area contributed by atoms with Crippen LogP contribution in [0.15, 0.2) is 47.0 Å². The van der Waals surface area contributed by atoms with Gasteiger partial charge in [0.2, 0.25) is 0 Å². The van der Waals surface area contributed by atoms with E-state index in [2.05, 4.69) is 9.72 Å². The van der Waals surface area contributed by atoms with Crippen LogP contribution in [0.5, 0.6) is 11.5 Å². The molecule has 13 heteroatoms. The van der Waals surface area contributed by atoms with E-state index in [9.17, 15) is 13.6 Å². The molecule has 0 radical (unpaired) electrons. The van der Waals surface area contributed by atoms with E-state index < -0.39 is 36.3 Å². The molecule has 0 amide bonds. The predicted molar refractivity (Wildman–Crippen MR) is 142 cm³/mol. The number of aryl methyl sites for hydroxylation is 1. The Hall–Kier alpha value is -4.03. The van der Waals surface area contributed by atoms with Gasteiger partial charge in [0.1, 0.15) is 23.8 Å². The van der Waals surface area contributed by atoms with Crippen molar-refractivity contribution in [3.8, 4) is 11.5 Å². The van der Waals surface area contributed by atoms with E-state index in [1.807, 2.05) is 0 Å². The Bertz CT molecular complexity index is 1420. The minimum Gasteiger partial charge on any atom is -0.493 e. The minimum absolute atomic E-state index is 0.0774. The molecule has 212 valence electrons. The zero-order valence-corrected chi connectivity index (χ0v) is 22.6. The number of carbonyl (C=O) groups excluding carboxylic acids is 1. The molecule has 10 nitrogen and oxygen atoms in total. The quantitative estimate of drug-likeness (QED) is 0.202. The number of nitrogens with zero attached hydrogens (tertiary/aromatic N) is 2. The third-order valence-corrected chi connectivity index (χ3v) is 6.52. The van der Waals surface area contributed by atoms with Gasteiger partial charge in [-0.15, -0.1) is 0 Å². The van der Waals surface area contributed by atoms with Gasteiger partial charge in [0.15, 0.2) is 23.2 Å². The Balaban J connectivity index is 1.81. The number of rotatable bonds is 9. The smallest absolute Gasteiger partial charge is 0.305 e. The first-order valence-corrected chi connectivity index (χ1v) is 12.5. The molecule has 0 bridgehead atoms. The third kappa shape index (κ3) is 5.92. The summed E-state index contributed by atoms with van der Waals surface area (Å²) >= 11 is 6.33. The lowest BCUT2D eigenvalue weighted by molar-refractivity contribution is -0.140. The first-order chi connectivity index (χ1) is 19.2. The maximum absolute atomic E-state index is 13.9. The number of oxazole rings is 1. The van der Waals surface area contributed by atoms with E-state index in [1.54, 1.807) is 18.2 Å². The molecule has 2 aromatic carbocycles. The van der Waals surface area contributed by atoms with Gasteiger partial charge in [-0.25, -0.2) is 13.8 Å². The van der Waals surface area contributed by atoms with Crippen LogP contribution >= 0.6 is 11.6 Å². The van der Waals surface area contributed by atoms with Gasteiger partial charge in [-0.2, -0.15) is 0 Å². The van der Waals surface area contributed by atoms with Crippen molar-refractivity contribution in [1.82, 2.24) is 4.98 Å². The minimum atomic E-state index is -3.18. The Morgan fingerprint density at radius 2 is 1.95 bits per heavy atom. The summed E-state index contributed by atoms with van der Waals surface area (Å²) in [5.74, 6) is -0.649. The molecule has 0 saturated heterocycles. The van der Waals surface area contributed by atoms with Gasteiger partial charge in [0.25, 0.3) is 6.43 Å². The summed E-state index contributed by atoms with van der Waals surface area (Å²) in [5, 5.41) is 17.4. The molecular weight excluding hydrogens is 550 g/mol. The average Bonchev–Trinajstić information content (AvgIpc) is 3.36. The van der Waals surface area contributed by atoms with Crippen molar-refractivity contribution >= 4 is 34.9 Å². The van der Waals surface area contributed by atoms with E-state index in [-0.39, 0.29) is 30.8 Å². The van der Waals surface area contributed by atoms with Crippen LogP contribution in [0.1, 0.15) is 35.3 Å². The number of aromatic nitrogens is 1. The fourth-order valence-electron chi connectivity index (χ4n) is 4.42. The summed E-state index contributed by atoms with van der Waals surface area (Å²) in [6.07, 6.45) is -3.74. The Morgan fingerprint density at radius 3 is 2.62 bits per heavy atom. The number of hydrogen-bond acceptors (Lipinski definition) is 9. The molecule has 1 aliphatic rings.